The van der Waals surface area contributed by atoms with E-state index in [0.29, 0.717) is 34.2 Å². The van der Waals surface area contributed by atoms with E-state index in [1.165, 1.54) is 0 Å². The van der Waals surface area contributed by atoms with Gasteiger partial charge in [-0.3, -0.25) is 0 Å². The molecule has 6 heteroatoms. The predicted octanol–water partition coefficient (Wildman–Crippen LogP) is 10.6. The van der Waals surface area contributed by atoms with Gasteiger partial charge in [-0.2, -0.15) is 0 Å². The highest BCUT2D eigenvalue weighted by Gasteiger charge is 2.10. The van der Waals surface area contributed by atoms with Crippen molar-refractivity contribution in [1.29, 1.82) is 0 Å². The summed E-state index contributed by atoms with van der Waals surface area (Å²) in [6.07, 6.45) is 0. The summed E-state index contributed by atoms with van der Waals surface area (Å²) in [5, 5.41) is 10.1. The average molecular weight is 639 g/mol. The van der Waals surface area contributed by atoms with Crippen LogP contribution in [0.3, 0.4) is 0 Å². The molecule has 50 heavy (non-hydrogen) atoms. The van der Waals surface area contributed by atoms with Gasteiger partial charge in [0.05, 0.1) is 0 Å². The molecule has 3 heterocycles. The summed E-state index contributed by atoms with van der Waals surface area (Å²) in [6, 6.07) is 54.0. The number of hydrogen-bond donors (Lipinski definition) is 0. The maximum absolute atomic E-state index is 5.09. The number of fused-ring (bicyclic) bond motifs is 15. The summed E-state index contributed by atoms with van der Waals surface area (Å²) in [7, 11) is 0. The quantitative estimate of drug-likeness (QED) is 0.175. The summed E-state index contributed by atoms with van der Waals surface area (Å²) in [5.41, 5.74) is 4.33. The van der Waals surface area contributed by atoms with Crippen LogP contribution in [0, 0.1) is 0 Å². The fourth-order valence-electron chi connectivity index (χ4n) is 6.70. The largest absolute Gasteiger partial charge is 0.208 e. The molecule has 7 aromatic carbocycles. The zero-order valence-electron chi connectivity index (χ0n) is 26.7. The Balaban J connectivity index is 1.41. The first kappa shape index (κ1) is 28.1. The molecule has 232 valence electrons. The minimum absolute atomic E-state index is 0.614. The smallest absolute Gasteiger partial charge is 0.164 e. The van der Waals surface area contributed by atoms with E-state index in [9.17, 15) is 0 Å². The van der Waals surface area contributed by atoms with E-state index in [4.69, 9.17) is 29.9 Å². The highest BCUT2D eigenvalue weighted by atomic mass is 15.0. The molecular formula is C44H26N6. The molecule has 0 saturated heterocycles. The third kappa shape index (κ3) is 4.90. The number of nitrogens with zero attached hydrogens (tertiary/aromatic N) is 6. The Kier molecular flexibility index (Phi) is 6.39. The first-order chi connectivity index (χ1) is 24.7. The van der Waals surface area contributed by atoms with Crippen LogP contribution in [0.4, 0.5) is 0 Å². The molecule has 0 aliphatic carbocycles. The van der Waals surface area contributed by atoms with Gasteiger partial charge < -0.3 is 0 Å². The number of rotatable bonds is 2. The lowest BCUT2D eigenvalue weighted by atomic mass is 10.00. The van der Waals surface area contributed by atoms with Gasteiger partial charge in [-0.1, -0.05) is 133 Å². The standard InChI is InChI=1S/C44H26N6/c1-3-9-29(10-4-1)39-45-41-33-15-7-13-31(23-33)32-14-8-16-34(24-32)42-46-40(30-11-5-2-6-12-30)48-44(50-42)36-22-20-28-18-17-27-19-21-35(43(47-39)49-41)25-37(27)38(28)26-36/h1-26H. The second-order valence-electron chi connectivity index (χ2n) is 12.4. The van der Waals surface area contributed by atoms with Crippen LogP contribution in [-0.2, 0) is 0 Å². The fraction of sp³-hybridized carbons (Fsp3) is 0. The van der Waals surface area contributed by atoms with Crippen LogP contribution >= 0.6 is 0 Å². The van der Waals surface area contributed by atoms with Gasteiger partial charge in [0.15, 0.2) is 34.2 Å². The molecule has 0 radical (unpaired) electrons. The Hall–Kier alpha value is -6.92. The topological polar surface area (TPSA) is 77.3 Å². The van der Waals surface area contributed by atoms with Crippen molar-refractivity contribution in [2.75, 3.05) is 0 Å². The van der Waals surface area contributed by atoms with E-state index in [2.05, 4.69) is 97.1 Å². The van der Waals surface area contributed by atoms with E-state index in [1.54, 1.807) is 0 Å². The van der Waals surface area contributed by atoms with Gasteiger partial charge in [-0.05, 0) is 56.6 Å². The molecule has 0 unspecified atom stereocenters. The molecule has 0 aliphatic heterocycles. The van der Waals surface area contributed by atoms with Gasteiger partial charge in [0.1, 0.15) is 0 Å². The van der Waals surface area contributed by atoms with E-state index in [-0.39, 0.29) is 0 Å². The molecule has 12 bridgehead atoms. The molecule has 10 rings (SSSR count). The summed E-state index contributed by atoms with van der Waals surface area (Å²) >= 11 is 0. The number of hydrogen-bond acceptors (Lipinski definition) is 6. The van der Waals surface area contributed by atoms with Crippen LogP contribution < -0.4 is 0 Å². The van der Waals surface area contributed by atoms with E-state index in [1.807, 2.05) is 60.7 Å². The van der Waals surface area contributed by atoms with Crippen LogP contribution in [0.2, 0.25) is 0 Å². The summed E-state index contributed by atoms with van der Waals surface area (Å²) in [6.45, 7) is 0. The summed E-state index contributed by atoms with van der Waals surface area (Å²) < 4.78 is 0. The number of benzene rings is 7. The fourth-order valence-corrected chi connectivity index (χ4v) is 6.70. The van der Waals surface area contributed by atoms with Gasteiger partial charge in [0, 0.05) is 32.7 Å². The van der Waals surface area contributed by atoms with Gasteiger partial charge in [0.2, 0.25) is 0 Å². The molecule has 10 aromatic rings. The highest BCUT2D eigenvalue weighted by Crippen LogP contribution is 2.31. The van der Waals surface area contributed by atoms with Gasteiger partial charge >= 0.3 is 0 Å². The normalized spacial score (nSPS) is 11.6. The Morgan fingerprint density at radius 1 is 0.240 bits per heavy atom. The van der Waals surface area contributed by atoms with Crippen molar-refractivity contribution in [2.45, 2.75) is 0 Å². The Morgan fingerprint density at radius 3 is 0.980 bits per heavy atom. The lowest BCUT2D eigenvalue weighted by molar-refractivity contribution is 1.18. The van der Waals surface area contributed by atoms with Crippen LogP contribution in [0.1, 0.15) is 0 Å². The molecule has 0 fully saturated rings. The van der Waals surface area contributed by atoms with E-state index < -0.39 is 0 Å². The van der Waals surface area contributed by atoms with Crippen LogP contribution in [0.15, 0.2) is 158 Å². The Bertz CT molecular complexity index is 2830. The Morgan fingerprint density at radius 2 is 0.580 bits per heavy atom. The van der Waals surface area contributed by atoms with Crippen molar-refractivity contribution >= 4 is 76.5 Å². The van der Waals surface area contributed by atoms with Crippen molar-refractivity contribution in [3.05, 3.63) is 158 Å². The molecule has 0 aliphatic rings. The average Bonchev–Trinajstić information content (AvgIpc) is 3.20. The lowest BCUT2D eigenvalue weighted by Crippen LogP contribution is -1.94. The van der Waals surface area contributed by atoms with Gasteiger partial charge in [0.25, 0.3) is 0 Å². The first-order valence-corrected chi connectivity index (χ1v) is 16.5. The van der Waals surface area contributed by atoms with Crippen LogP contribution in [0.25, 0.3) is 99.2 Å². The zero-order chi connectivity index (χ0) is 33.0. The maximum Gasteiger partial charge on any atom is 0.164 e. The Labute approximate surface area is 286 Å². The van der Waals surface area contributed by atoms with Gasteiger partial charge in [-0.25, -0.2) is 29.9 Å². The molecule has 0 saturated carbocycles. The monoisotopic (exact) mass is 638 g/mol. The van der Waals surface area contributed by atoms with Crippen molar-refractivity contribution in [2.24, 2.45) is 0 Å². The van der Waals surface area contributed by atoms with Crippen molar-refractivity contribution in [3.63, 3.8) is 0 Å². The molecule has 0 amide bonds. The highest BCUT2D eigenvalue weighted by molar-refractivity contribution is 6.12. The zero-order valence-corrected chi connectivity index (χ0v) is 26.7. The maximum atomic E-state index is 5.09. The molecule has 0 atom stereocenters. The minimum atomic E-state index is 0.614. The second-order valence-corrected chi connectivity index (χ2v) is 12.4. The molecule has 0 N–H and O–H groups in total. The molecule has 3 aromatic heterocycles. The lowest BCUT2D eigenvalue weighted by Gasteiger charge is -2.07. The second kappa shape index (κ2) is 11.4. The van der Waals surface area contributed by atoms with Crippen molar-refractivity contribution in [3.8, 4) is 22.8 Å². The van der Waals surface area contributed by atoms with Crippen LogP contribution in [-0.4, -0.2) is 29.9 Å². The predicted molar refractivity (Wildman–Crippen MR) is 204 cm³/mol. The van der Waals surface area contributed by atoms with Crippen molar-refractivity contribution < 1.29 is 0 Å². The first-order valence-electron chi connectivity index (χ1n) is 16.5. The summed E-state index contributed by atoms with van der Waals surface area (Å²) in [5.74, 6) is 1.26. The van der Waals surface area contributed by atoms with E-state index in [0.717, 1.165) is 65.0 Å². The SMILES string of the molecule is c1ccc(-c2nc3nc(n2)c2ccc4ccc5ccc(cc5c4c2)c2nc(-c4ccccc4)nc(n2)c2cccc(c2)c2cccc3c2)cc1. The third-order valence-corrected chi connectivity index (χ3v) is 9.27. The molecular weight excluding hydrogens is 613 g/mol. The van der Waals surface area contributed by atoms with Crippen LogP contribution in [0.5, 0.6) is 0 Å². The molecule has 0 spiro atoms. The summed E-state index contributed by atoms with van der Waals surface area (Å²) in [4.78, 5) is 30.2. The van der Waals surface area contributed by atoms with Gasteiger partial charge in [-0.15, -0.1) is 0 Å². The molecule has 6 nitrogen and oxygen atoms in total. The van der Waals surface area contributed by atoms with E-state index >= 15 is 0 Å². The minimum Gasteiger partial charge on any atom is -0.208 e. The van der Waals surface area contributed by atoms with Crippen molar-refractivity contribution in [1.82, 2.24) is 29.9 Å². The third-order valence-electron chi connectivity index (χ3n) is 9.27. The number of aromatic nitrogens is 6.